The van der Waals surface area contributed by atoms with Crippen LogP contribution in [0.25, 0.3) is 0 Å². The Morgan fingerprint density at radius 1 is 1.24 bits per heavy atom. The number of rotatable bonds is 8. The summed E-state index contributed by atoms with van der Waals surface area (Å²) in [6, 6.07) is 5.76. The predicted octanol–water partition coefficient (Wildman–Crippen LogP) is 2.92. The van der Waals surface area contributed by atoms with Crippen molar-refractivity contribution in [3.63, 3.8) is 0 Å². The van der Waals surface area contributed by atoms with Crippen LogP contribution in [-0.4, -0.2) is 70.9 Å². The Bertz CT molecular complexity index is 635. The van der Waals surface area contributed by atoms with Gasteiger partial charge in [0.1, 0.15) is 5.82 Å². The first-order valence-electron chi connectivity index (χ1n) is 10.1. The zero-order chi connectivity index (χ0) is 20.5. The van der Waals surface area contributed by atoms with Gasteiger partial charge in [0.25, 0.3) is 0 Å². The third-order valence-corrected chi connectivity index (χ3v) is 4.99. The molecule has 0 amide bonds. The van der Waals surface area contributed by atoms with E-state index in [1.807, 2.05) is 20.2 Å². The second-order valence-corrected chi connectivity index (χ2v) is 7.92. The molecule has 2 rings (SSSR count). The molecule has 0 saturated carbocycles. The van der Waals surface area contributed by atoms with Crippen LogP contribution in [0.4, 0.5) is 10.1 Å². The molecule has 8 heteroatoms. The molecule has 2 N–H and O–H groups in total. The standard InChI is InChI=1S/C21H36FN5O.HI/c1-16(2)12-18(27-8-10-28-11-9-27)15-25-21(23-3)24-14-17-6-7-20(26(4)5)19(22)13-17;/h6-7,13,16,18H,8-12,14-15H2,1-5H3,(H2,23,24,25);1H. The van der Waals surface area contributed by atoms with Crippen molar-refractivity contribution in [3.05, 3.63) is 29.6 Å². The van der Waals surface area contributed by atoms with Crippen LogP contribution in [0, 0.1) is 11.7 Å². The third-order valence-electron chi connectivity index (χ3n) is 4.99. The first kappa shape index (κ1) is 25.9. The van der Waals surface area contributed by atoms with Gasteiger partial charge in [-0.15, -0.1) is 24.0 Å². The quantitative estimate of drug-likeness (QED) is 0.313. The van der Waals surface area contributed by atoms with Crippen LogP contribution in [0.1, 0.15) is 25.8 Å². The van der Waals surface area contributed by atoms with Gasteiger partial charge in [-0.05, 0) is 30.0 Å². The Labute approximate surface area is 192 Å². The molecule has 1 unspecified atom stereocenters. The maximum atomic E-state index is 14.2. The van der Waals surface area contributed by atoms with Crippen molar-refractivity contribution in [1.82, 2.24) is 15.5 Å². The van der Waals surface area contributed by atoms with Crippen molar-refractivity contribution < 1.29 is 9.13 Å². The lowest BCUT2D eigenvalue weighted by molar-refractivity contribution is 0.0132. The average Bonchev–Trinajstić information content (AvgIpc) is 2.67. The minimum absolute atomic E-state index is 0. The SMILES string of the molecule is CN=C(NCc1ccc(N(C)C)c(F)c1)NCC(CC(C)C)N1CCOCC1.I. The summed E-state index contributed by atoms with van der Waals surface area (Å²) in [5.74, 6) is 1.15. The third kappa shape index (κ3) is 8.64. The Morgan fingerprint density at radius 2 is 1.93 bits per heavy atom. The highest BCUT2D eigenvalue weighted by Crippen LogP contribution is 2.18. The van der Waals surface area contributed by atoms with Crippen molar-refractivity contribution in [2.24, 2.45) is 10.9 Å². The molecule has 166 valence electrons. The van der Waals surface area contributed by atoms with Crippen molar-refractivity contribution in [1.29, 1.82) is 0 Å². The molecule has 1 aromatic rings. The fourth-order valence-corrected chi connectivity index (χ4v) is 3.49. The summed E-state index contributed by atoms with van der Waals surface area (Å²) in [4.78, 5) is 8.59. The Morgan fingerprint density at radius 3 is 2.48 bits per heavy atom. The maximum absolute atomic E-state index is 14.2. The van der Waals surface area contributed by atoms with Crippen LogP contribution >= 0.6 is 24.0 Å². The lowest BCUT2D eigenvalue weighted by Gasteiger charge is -2.35. The zero-order valence-electron chi connectivity index (χ0n) is 18.4. The molecular weight excluding hydrogens is 484 g/mol. The number of nitrogens with zero attached hydrogens (tertiary/aromatic N) is 3. The molecule has 1 atom stereocenters. The second-order valence-electron chi connectivity index (χ2n) is 7.92. The summed E-state index contributed by atoms with van der Waals surface area (Å²) in [5.41, 5.74) is 1.48. The van der Waals surface area contributed by atoms with E-state index in [1.54, 1.807) is 24.1 Å². The number of anilines is 1. The van der Waals surface area contributed by atoms with Crippen molar-refractivity contribution in [2.45, 2.75) is 32.9 Å². The van der Waals surface area contributed by atoms with Crippen LogP contribution in [0.5, 0.6) is 0 Å². The molecule has 0 bridgehead atoms. The summed E-state index contributed by atoms with van der Waals surface area (Å²) in [6.45, 7) is 9.42. The number of ether oxygens (including phenoxy) is 1. The molecule has 1 fully saturated rings. The highest BCUT2D eigenvalue weighted by atomic mass is 127. The Balaban J connectivity index is 0.00000420. The van der Waals surface area contributed by atoms with Gasteiger partial charge in [0.15, 0.2) is 5.96 Å². The van der Waals surface area contributed by atoms with Gasteiger partial charge in [0, 0.05) is 53.4 Å². The number of halogens is 2. The van der Waals surface area contributed by atoms with Crippen LogP contribution in [0.2, 0.25) is 0 Å². The molecule has 1 aliphatic heterocycles. The van der Waals surface area contributed by atoms with E-state index in [0.717, 1.165) is 50.8 Å². The van der Waals surface area contributed by atoms with Gasteiger partial charge >= 0.3 is 0 Å². The van der Waals surface area contributed by atoms with Crippen molar-refractivity contribution >= 4 is 35.6 Å². The van der Waals surface area contributed by atoms with Crippen LogP contribution < -0.4 is 15.5 Å². The molecule has 0 aromatic heterocycles. The topological polar surface area (TPSA) is 52.1 Å². The highest BCUT2D eigenvalue weighted by molar-refractivity contribution is 14.0. The van der Waals surface area contributed by atoms with Crippen LogP contribution in [-0.2, 0) is 11.3 Å². The molecule has 29 heavy (non-hydrogen) atoms. The maximum Gasteiger partial charge on any atom is 0.191 e. The van der Waals surface area contributed by atoms with Crippen molar-refractivity contribution in [3.8, 4) is 0 Å². The molecule has 1 aromatic carbocycles. The van der Waals surface area contributed by atoms with E-state index in [4.69, 9.17) is 4.74 Å². The van der Waals surface area contributed by atoms with Crippen LogP contribution in [0.3, 0.4) is 0 Å². The molecule has 0 spiro atoms. The van der Waals surface area contributed by atoms with Gasteiger partial charge in [-0.2, -0.15) is 0 Å². The van der Waals surface area contributed by atoms with E-state index in [-0.39, 0.29) is 29.8 Å². The van der Waals surface area contributed by atoms with E-state index in [1.165, 1.54) is 0 Å². The Hall–Kier alpha value is -1.13. The average molecular weight is 521 g/mol. The minimum atomic E-state index is -0.212. The first-order valence-corrected chi connectivity index (χ1v) is 10.1. The van der Waals surface area contributed by atoms with E-state index in [0.29, 0.717) is 24.2 Å². The molecule has 0 radical (unpaired) electrons. The monoisotopic (exact) mass is 521 g/mol. The highest BCUT2D eigenvalue weighted by Gasteiger charge is 2.22. The smallest absolute Gasteiger partial charge is 0.191 e. The van der Waals surface area contributed by atoms with Gasteiger partial charge in [-0.25, -0.2) is 4.39 Å². The molecule has 0 aliphatic carbocycles. The summed E-state index contributed by atoms with van der Waals surface area (Å²) < 4.78 is 19.6. The predicted molar refractivity (Wildman–Crippen MR) is 130 cm³/mol. The fraction of sp³-hybridized carbons (Fsp3) is 0.667. The lowest BCUT2D eigenvalue weighted by Crippen LogP contribution is -2.50. The molecule has 6 nitrogen and oxygen atoms in total. The molecule has 1 aliphatic rings. The zero-order valence-corrected chi connectivity index (χ0v) is 20.7. The normalized spacial score (nSPS) is 16.3. The number of aliphatic imine (C=N–C) groups is 1. The van der Waals surface area contributed by atoms with Gasteiger partial charge < -0.3 is 20.3 Å². The second kappa shape index (κ2) is 13.2. The fourth-order valence-electron chi connectivity index (χ4n) is 3.49. The lowest BCUT2D eigenvalue weighted by atomic mass is 10.0. The van der Waals surface area contributed by atoms with Gasteiger partial charge in [-0.3, -0.25) is 9.89 Å². The number of guanidine groups is 1. The van der Waals surface area contributed by atoms with E-state index >= 15 is 0 Å². The number of nitrogens with one attached hydrogen (secondary N) is 2. The van der Waals surface area contributed by atoms with Gasteiger partial charge in [0.05, 0.1) is 18.9 Å². The number of morpholine rings is 1. The molecule has 1 saturated heterocycles. The largest absolute Gasteiger partial charge is 0.379 e. The van der Waals surface area contributed by atoms with Crippen molar-refractivity contribution in [2.75, 3.05) is 58.9 Å². The summed E-state index contributed by atoms with van der Waals surface area (Å²) in [6.07, 6.45) is 1.13. The summed E-state index contributed by atoms with van der Waals surface area (Å²) in [5, 5.41) is 6.73. The van der Waals surface area contributed by atoms with E-state index in [9.17, 15) is 4.39 Å². The minimum Gasteiger partial charge on any atom is -0.379 e. The molecule has 1 heterocycles. The number of hydrogen-bond acceptors (Lipinski definition) is 4. The van der Waals surface area contributed by atoms with E-state index < -0.39 is 0 Å². The molecular formula is C21H37FIN5O. The number of benzene rings is 1. The van der Waals surface area contributed by atoms with Gasteiger partial charge in [0.2, 0.25) is 0 Å². The number of hydrogen-bond donors (Lipinski definition) is 2. The summed E-state index contributed by atoms with van der Waals surface area (Å²) >= 11 is 0. The van der Waals surface area contributed by atoms with E-state index in [2.05, 4.69) is 34.4 Å². The summed E-state index contributed by atoms with van der Waals surface area (Å²) in [7, 11) is 5.44. The Kier molecular flexibility index (Phi) is 11.8. The van der Waals surface area contributed by atoms with Crippen LogP contribution in [0.15, 0.2) is 23.2 Å². The first-order chi connectivity index (χ1) is 13.4. The van der Waals surface area contributed by atoms with Gasteiger partial charge in [-0.1, -0.05) is 19.9 Å².